The minimum atomic E-state index is -1.17. The first-order valence-electron chi connectivity index (χ1n) is 5.69. The highest BCUT2D eigenvalue weighted by Gasteiger charge is 2.32. The van der Waals surface area contributed by atoms with Crippen molar-refractivity contribution in [2.75, 3.05) is 0 Å². The molecule has 0 saturated carbocycles. The Morgan fingerprint density at radius 2 is 2.20 bits per heavy atom. The molecule has 15 heavy (non-hydrogen) atoms. The zero-order valence-electron chi connectivity index (χ0n) is 9.68. The molecule has 1 heterocycles. The maximum absolute atomic E-state index is 14.2. The average molecular weight is 207 g/mol. The Bertz CT molecular complexity index is 369. The molecule has 0 amide bonds. The van der Waals surface area contributed by atoms with Crippen LogP contribution in [0, 0.1) is 0 Å². The average Bonchev–Trinajstić information content (AvgIpc) is 2.16. The van der Waals surface area contributed by atoms with Gasteiger partial charge in [0.15, 0.2) is 0 Å². The maximum Gasteiger partial charge on any atom is 0.135 e. The Labute approximate surface area is 90.7 Å². The molecule has 1 unspecified atom stereocenters. The summed E-state index contributed by atoms with van der Waals surface area (Å²) >= 11 is 0. The summed E-state index contributed by atoms with van der Waals surface area (Å²) in [7, 11) is 0. The van der Waals surface area contributed by atoms with Crippen molar-refractivity contribution in [2.24, 2.45) is 0 Å². The van der Waals surface area contributed by atoms with Gasteiger partial charge in [0.25, 0.3) is 0 Å². The lowest BCUT2D eigenvalue weighted by Gasteiger charge is -2.28. The van der Waals surface area contributed by atoms with Crippen LogP contribution in [-0.4, -0.2) is 4.98 Å². The number of pyridine rings is 1. The van der Waals surface area contributed by atoms with E-state index in [4.69, 9.17) is 0 Å². The summed E-state index contributed by atoms with van der Waals surface area (Å²) in [6.07, 6.45) is 4.31. The number of fused-ring (bicyclic) bond motifs is 1. The molecule has 0 spiro atoms. The van der Waals surface area contributed by atoms with Crippen molar-refractivity contribution in [3.8, 4) is 0 Å². The molecule has 0 bridgehead atoms. The standard InChI is InChI=1S/C13H18FN/c1-9(2)12-7-10-5-4-6-13(3,14)11(10)8-15-12/h7-9H,4-6H2,1-3H3. The van der Waals surface area contributed by atoms with Crippen molar-refractivity contribution in [1.82, 2.24) is 4.98 Å². The monoisotopic (exact) mass is 207 g/mol. The quantitative estimate of drug-likeness (QED) is 0.683. The molecule has 1 atom stereocenters. The molecule has 0 aromatic carbocycles. The molecule has 1 nitrogen and oxygen atoms in total. The number of aromatic nitrogens is 1. The van der Waals surface area contributed by atoms with Gasteiger partial charge in [-0.2, -0.15) is 0 Å². The van der Waals surface area contributed by atoms with Crippen molar-refractivity contribution < 1.29 is 4.39 Å². The first kappa shape index (κ1) is 10.6. The van der Waals surface area contributed by atoms with Crippen LogP contribution in [0.2, 0.25) is 0 Å². The Kier molecular flexibility index (Phi) is 2.53. The van der Waals surface area contributed by atoms with E-state index in [0.717, 1.165) is 29.7 Å². The van der Waals surface area contributed by atoms with Gasteiger partial charge in [0.1, 0.15) is 5.67 Å². The van der Waals surface area contributed by atoms with Crippen LogP contribution in [0.1, 0.15) is 56.4 Å². The molecule has 2 heteroatoms. The van der Waals surface area contributed by atoms with E-state index in [1.807, 2.05) is 0 Å². The summed E-state index contributed by atoms with van der Waals surface area (Å²) in [6, 6.07) is 2.08. The predicted octanol–water partition coefficient (Wildman–Crippen LogP) is 3.73. The van der Waals surface area contributed by atoms with Gasteiger partial charge in [-0.15, -0.1) is 0 Å². The largest absolute Gasteiger partial charge is 0.261 e. The Balaban J connectivity index is 2.45. The molecule has 0 aliphatic heterocycles. The molecule has 2 rings (SSSR count). The molecule has 0 N–H and O–H groups in total. The SMILES string of the molecule is CC(C)c1cc2c(cn1)C(C)(F)CCC2. The lowest BCUT2D eigenvalue weighted by Crippen LogP contribution is -2.23. The summed E-state index contributed by atoms with van der Waals surface area (Å²) in [5.41, 5.74) is 1.87. The number of alkyl halides is 1. The number of halogens is 1. The smallest absolute Gasteiger partial charge is 0.135 e. The first-order chi connectivity index (χ1) is 7.00. The highest BCUT2D eigenvalue weighted by atomic mass is 19.1. The van der Waals surface area contributed by atoms with Gasteiger partial charge < -0.3 is 0 Å². The maximum atomic E-state index is 14.2. The molecule has 1 aliphatic carbocycles. The van der Waals surface area contributed by atoms with Crippen LogP contribution >= 0.6 is 0 Å². The number of hydrogen-bond donors (Lipinski definition) is 0. The van der Waals surface area contributed by atoms with Crippen LogP contribution in [0.3, 0.4) is 0 Å². The van der Waals surface area contributed by atoms with Gasteiger partial charge in [-0.05, 0) is 43.7 Å². The molecule has 0 saturated heterocycles. The van der Waals surface area contributed by atoms with Crippen LogP contribution < -0.4 is 0 Å². The number of aryl methyl sites for hydroxylation is 1. The topological polar surface area (TPSA) is 12.9 Å². The second kappa shape index (κ2) is 3.58. The minimum Gasteiger partial charge on any atom is -0.261 e. The second-order valence-electron chi connectivity index (χ2n) is 4.97. The van der Waals surface area contributed by atoms with E-state index in [2.05, 4.69) is 24.9 Å². The lowest BCUT2D eigenvalue weighted by molar-refractivity contribution is 0.161. The van der Waals surface area contributed by atoms with E-state index in [9.17, 15) is 4.39 Å². The lowest BCUT2D eigenvalue weighted by atomic mass is 9.82. The minimum absolute atomic E-state index is 0.420. The summed E-state index contributed by atoms with van der Waals surface area (Å²) in [6.45, 7) is 5.90. The fourth-order valence-electron chi connectivity index (χ4n) is 2.25. The molecule has 1 aliphatic rings. The normalized spacial score (nSPS) is 25.4. The van der Waals surface area contributed by atoms with Gasteiger partial charge in [0.05, 0.1) is 0 Å². The summed E-state index contributed by atoms with van der Waals surface area (Å²) in [5.74, 6) is 0.420. The number of nitrogens with zero attached hydrogens (tertiary/aromatic N) is 1. The third-order valence-corrected chi connectivity index (χ3v) is 3.26. The first-order valence-corrected chi connectivity index (χ1v) is 5.69. The molecular formula is C13H18FN. The van der Waals surface area contributed by atoms with E-state index in [1.165, 1.54) is 0 Å². The predicted molar refractivity (Wildman–Crippen MR) is 59.7 cm³/mol. The van der Waals surface area contributed by atoms with Crippen LogP contribution in [0.15, 0.2) is 12.3 Å². The fraction of sp³-hybridized carbons (Fsp3) is 0.615. The van der Waals surface area contributed by atoms with Gasteiger partial charge in [-0.25, -0.2) is 4.39 Å². The fourth-order valence-corrected chi connectivity index (χ4v) is 2.25. The van der Waals surface area contributed by atoms with Crippen molar-refractivity contribution in [3.05, 3.63) is 29.1 Å². The molecule has 82 valence electrons. The summed E-state index contributed by atoms with van der Waals surface area (Å²) < 4.78 is 14.2. The zero-order valence-corrected chi connectivity index (χ0v) is 9.68. The number of rotatable bonds is 1. The van der Waals surface area contributed by atoms with E-state index < -0.39 is 5.67 Å². The van der Waals surface area contributed by atoms with Crippen molar-refractivity contribution in [2.45, 2.75) is 51.6 Å². The van der Waals surface area contributed by atoms with E-state index in [-0.39, 0.29) is 0 Å². The molecular weight excluding hydrogens is 189 g/mol. The Morgan fingerprint density at radius 1 is 1.47 bits per heavy atom. The second-order valence-corrected chi connectivity index (χ2v) is 4.97. The van der Waals surface area contributed by atoms with Crippen molar-refractivity contribution in [1.29, 1.82) is 0 Å². The van der Waals surface area contributed by atoms with Gasteiger partial charge in [0.2, 0.25) is 0 Å². The molecule has 1 aromatic heterocycles. The van der Waals surface area contributed by atoms with E-state index in [0.29, 0.717) is 12.3 Å². The highest BCUT2D eigenvalue weighted by Crippen LogP contribution is 2.38. The van der Waals surface area contributed by atoms with Crippen molar-refractivity contribution >= 4 is 0 Å². The molecule has 0 radical (unpaired) electrons. The molecule has 0 fully saturated rings. The highest BCUT2D eigenvalue weighted by molar-refractivity contribution is 5.34. The third kappa shape index (κ3) is 1.90. The summed E-state index contributed by atoms with van der Waals surface area (Å²) in [5, 5.41) is 0. The summed E-state index contributed by atoms with van der Waals surface area (Å²) in [4.78, 5) is 4.35. The Morgan fingerprint density at radius 3 is 2.87 bits per heavy atom. The van der Waals surface area contributed by atoms with Crippen LogP contribution in [0.25, 0.3) is 0 Å². The van der Waals surface area contributed by atoms with Crippen LogP contribution in [-0.2, 0) is 12.1 Å². The molecule has 1 aromatic rings. The van der Waals surface area contributed by atoms with Gasteiger partial charge in [-0.1, -0.05) is 13.8 Å². The Hall–Kier alpha value is -0.920. The van der Waals surface area contributed by atoms with Crippen molar-refractivity contribution in [3.63, 3.8) is 0 Å². The number of hydrogen-bond acceptors (Lipinski definition) is 1. The van der Waals surface area contributed by atoms with Gasteiger partial charge >= 0.3 is 0 Å². The van der Waals surface area contributed by atoms with Gasteiger partial charge in [-0.3, -0.25) is 4.98 Å². The zero-order chi connectivity index (χ0) is 11.1. The van der Waals surface area contributed by atoms with Crippen LogP contribution in [0.5, 0.6) is 0 Å². The van der Waals surface area contributed by atoms with E-state index >= 15 is 0 Å². The van der Waals surface area contributed by atoms with Crippen LogP contribution in [0.4, 0.5) is 4.39 Å². The van der Waals surface area contributed by atoms with Gasteiger partial charge in [0, 0.05) is 17.5 Å². The van der Waals surface area contributed by atoms with E-state index in [1.54, 1.807) is 13.1 Å². The third-order valence-electron chi connectivity index (χ3n) is 3.26.